The van der Waals surface area contributed by atoms with E-state index in [0.29, 0.717) is 34.9 Å². The van der Waals surface area contributed by atoms with E-state index in [2.05, 4.69) is 10.3 Å². The lowest BCUT2D eigenvalue weighted by Gasteiger charge is -2.23. The molecule has 1 N–H and O–H groups in total. The summed E-state index contributed by atoms with van der Waals surface area (Å²) in [4.78, 5) is 43.0. The average molecular weight is 365 g/mol. The molecule has 0 unspecified atom stereocenters. The third kappa shape index (κ3) is 3.84. The summed E-state index contributed by atoms with van der Waals surface area (Å²) in [6.07, 6.45) is 4.63. The maximum Gasteiger partial charge on any atom is 0.350 e. The Morgan fingerprint density at radius 1 is 1.36 bits per heavy atom. The fraction of sp³-hybridized carbons (Fsp3) is 0.647. The number of rotatable bonds is 5. The number of hydrogen-bond donors (Lipinski definition) is 1. The van der Waals surface area contributed by atoms with Crippen LogP contribution in [0.15, 0.2) is 0 Å². The minimum absolute atomic E-state index is 0.0644. The van der Waals surface area contributed by atoms with Crippen LogP contribution in [-0.4, -0.2) is 46.9 Å². The smallest absolute Gasteiger partial charge is 0.350 e. The first-order valence-electron chi connectivity index (χ1n) is 8.74. The number of carbonyl (C=O) groups is 3. The van der Waals surface area contributed by atoms with Crippen molar-refractivity contribution < 1.29 is 19.1 Å². The molecule has 1 aliphatic heterocycles. The molecule has 1 aromatic rings. The number of aryl methyl sites for hydroxylation is 1. The second kappa shape index (κ2) is 7.51. The first-order chi connectivity index (χ1) is 12.0. The van der Waals surface area contributed by atoms with E-state index in [4.69, 9.17) is 4.74 Å². The standard InChI is InChI=1S/C17H23N3O4S/c1-3-24-16(23)14-10(2)18-17(25-14)19-15(22)11-8-13(21)20(9-11)12-6-4-5-7-12/h11-12H,3-9H2,1-2H3,(H,18,19,22)/t11-/m1/s1. The van der Waals surface area contributed by atoms with Gasteiger partial charge in [-0.15, -0.1) is 0 Å². The number of amides is 2. The van der Waals surface area contributed by atoms with Crippen LogP contribution in [0.1, 0.15) is 54.4 Å². The van der Waals surface area contributed by atoms with Crippen molar-refractivity contribution in [3.63, 3.8) is 0 Å². The summed E-state index contributed by atoms with van der Waals surface area (Å²) >= 11 is 1.11. The molecule has 0 radical (unpaired) electrons. The van der Waals surface area contributed by atoms with Crippen LogP contribution in [0.5, 0.6) is 0 Å². The Hall–Kier alpha value is -1.96. The Kier molecular flexibility index (Phi) is 5.36. The van der Waals surface area contributed by atoms with E-state index in [1.165, 1.54) is 0 Å². The highest BCUT2D eigenvalue weighted by molar-refractivity contribution is 7.17. The number of thiazole rings is 1. The predicted octanol–water partition coefficient (Wildman–Crippen LogP) is 2.36. The molecule has 1 aromatic heterocycles. The third-order valence-electron chi connectivity index (χ3n) is 4.78. The van der Waals surface area contributed by atoms with Crippen molar-refractivity contribution in [1.82, 2.24) is 9.88 Å². The van der Waals surface area contributed by atoms with E-state index in [9.17, 15) is 14.4 Å². The van der Waals surface area contributed by atoms with E-state index in [0.717, 1.165) is 37.0 Å². The van der Waals surface area contributed by atoms with Gasteiger partial charge >= 0.3 is 5.97 Å². The van der Waals surface area contributed by atoms with Gasteiger partial charge in [0.25, 0.3) is 0 Å². The number of nitrogens with one attached hydrogen (secondary N) is 1. The van der Waals surface area contributed by atoms with Crippen LogP contribution in [0.4, 0.5) is 5.13 Å². The van der Waals surface area contributed by atoms with Crippen LogP contribution < -0.4 is 5.32 Å². The lowest BCUT2D eigenvalue weighted by atomic mass is 10.1. The van der Waals surface area contributed by atoms with Gasteiger partial charge in [-0.2, -0.15) is 0 Å². The molecular weight excluding hydrogens is 342 g/mol. The summed E-state index contributed by atoms with van der Waals surface area (Å²) in [6, 6.07) is 0.294. The summed E-state index contributed by atoms with van der Waals surface area (Å²) in [7, 11) is 0. The van der Waals surface area contributed by atoms with E-state index < -0.39 is 5.97 Å². The number of hydrogen-bond acceptors (Lipinski definition) is 6. The highest BCUT2D eigenvalue weighted by Crippen LogP contribution is 2.30. The molecule has 1 atom stereocenters. The van der Waals surface area contributed by atoms with Gasteiger partial charge in [0.15, 0.2) is 5.13 Å². The van der Waals surface area contributed by atoms with Crippen molar-refractivity contribution in [2.75, 3.05) is 18.5 Å². The molecule has 2 fully saturated rings. The van der Waals surface area contributed by atoms with Crippen LogP contribution >= 0.6 is 11.3 Å². The predicted molar refractivity (Wildman–Crippen MR) is 93.5 cm³/mol. The van der Waals surface area contributed by atoms with Crippen LogP contribution in [0.3, 0.4) is 0 Å². The van der Waals surface area contributed by atoms with Crippen LogP contribution in [-0.2, 0) is 14.3 Å². The van der Waals surface area contributed by atoms with Crippen LogP contribution in [0.25, 0.3) is 0 Å². The summed E-state index contributed by atoms with van der Waals surface area (Å²) < 4.78 is 4.98. The number of esters is 1. The molecule has 136 valence electrons. The van der Waals surface area contributed by atoms with E-state index in [1.54, 1.807) is 13.8 Å². The third-order valence-corrected chi connectivity index (χ3v) is 5.84. The van der Waals surface area contributed by atoms with E-state index >= 15 is 0 Å². The summed E-state index contributed by atoms with van der Waals surface area (Å²) in [6.45, 7) is 4.22. The first kappa shape index (κ1) is 17.8. The van der Waals surface area contributed by atoms with Gasteiger partial charge in [-0.3, -0.25) is 9.59 Å². The lowest BCUT2D eigenvalue weighted by molar-refractivity contribution is -0.129. The average Bonchev–Trinajstić information content (AvgIpc) is 3.27. The molecule has 1 saturated heterocycles. The van der Waals surface area contributed by atoms with Gasteiger partial charge < -0.3 is 15.0 Å². The number of likely N-dealkylation sites (tertiary alicyclic amines) is 1. The number of ether oxygens (including phenoxy) is 1. The minimum atomic E-state index is -0.429. The monoisotopic (exact) mass is 365 g/mol. The zero-order valence-electron chi connectivity index (χ0n) is 14.5. The fourth-order valence-electron chi connectivity index (χ4n) is 3.52. The molecule has 3 rings (SSSR count). The number of aromatic nitrogens is 1. The summed E-state index contributed by atoms with van der Waals surface area (Å²) in [5.41, 5.74) is 0.536. The van der Waals surface area contributed by atoms with Crippen molar-refractivity contribution in [3.05, 3.63) is 10.6 Å². The Morgan fingerprint density at radius 2 is 2.08 bits per heavy atom. The topological polar surface area (TPSA) is 88.6 Å². The Bertz CT molecular complexity index is 681. The first-order valence-corrected chi connectivity index (χ1v) is 9.56. The summed E-state index contributed by atoms with van der Waals surface area (Å²) in [5.74, 6) is -0.933. The SMILES string of the molecule is CCOC(=O)c1sc(NC(=O)[C@@H]2CC(=O)N(C3CCCC3)C2)nc1C. The molecule has 0 bridgehead atoms. The molecule has 0 spiro atoms. The zero-order chi connectivity index (χ0) is 18.0. The van der Waals surface area contributed by atoms with Crippen LogP contribution in [0, 0.1) is 12.8 Å². The van der Waals surface area contributed by atoms with E-state index in [1.807, 2.05) is 4.90 Å². The largest absolute Gasteiger partial charge is 0.462 e. The van der Waals surface area contributed by atoms with Crippen molar-refractivity contribution in [3.8, 4) is 0 Å². The molecule has 2 heterocycles. The maximum absolute atomic E-state index is 12.5. The van der Waals surface area contributed by atoms with Crippen LogP contribution in [0.2, 0.25) is 0 Å². The van der Waals surface area contributed by atoms with Crippen molar-refractivity contribution in [2.24, 2.45) is 5.92 Å². The van der Waals surface area contributed by atoms with Gasteiger partial charge in [-0.25, -0.2) is 9.78 Å². The maximum atomic E-state index is 12.5. The van der Waals surface area contributed by atoms with Crippen molar-refractivity contribution >= 4 is 34.3 Å². The van der Waals surface area contributed by atoms with E-state index in [-0.39, 0.29) is 24.2 Å². The Morgan fingerprint density at radius 3 is 2.76 bits per heavy atom. The van der Waals surface area contributed by atoms with Gasteiger partial charge in [0, 0.05) is 19.0 Å². The van der Waals surface area contributed by atoms with Gasteiger partial charge in [0.05, 0.1) is 18.2 Å². The Balaban J connectivity index is 1.62. The second-order valence-electron chi connectivity index (χ2n) is 6.53. The number of anilines is 1. The second-order valence-corrected chi connectivity index (χ2v) is 7.53. The molecule has 7 nitrogen and oxygen atoms in total. The highest BCUT2D eigenvalue weighted by Gasteiger charge is 2.38. The van der Waals surface area contributed by atoms with Crippen molar-refractivity contribution in [1.29, 1.82) is 0 Å². The van der Waals surface area contributed by atoms with Crippen molar-refractivity contribution in [2.45, 2.75) is 52.0 Å². The van der Waals surface area contributed by atoms with Gasteiger partial charge in [0.1, 0.15) is 4.88 Å². The molecule has 25 heavy (non-hydrogen) atoms. The lowest BCUT2D eigenvalue weighted by Crippen LogP contribution is -2.35. The van der Waals surface area contributed by atoms with Gasteiger partial charge in [0.2, 0.25) is 11.8 Å². The minimum Gasteiger partial charge on any atom is -0.462 e. The Labute approximate surface area is 150 Å². The molecule has 1 aliphatic carbocycles. The number of nitrogens with zero attached hydrogens (tertiary/aromatic N) is 2. The highest BCUT2D eigenvalue weighted by atomic mass is 32.1. The normalized spacial score (nSPS) is 21.0. The molecule has 2 aliphatic rings. The quantitative estimate of drug-likeness (QED) is 0.809. The molecule has 8 heteroatoms. The van der Waals surface area contributed by atoms with Gasteiger partial charge in [-0.05, 0) is 26.7 Å². The summed E-state index contributed by atoms with van der Waals surface area (Å²) in [5, 5.41) is 3.13. The molecule has 2 amide bonds. The number of carbonyl (C=O) groups excluding carboxylic acids is 3. The molecular formula is C17H23N3O4S. The fourth-order valence-corrected chi connectivity index (χ4v) is 4.38. The van der Waals surface area contributed by atoms with Gasteiger partial charge in [-0.1, -0.05) is 24.2 Å². The molecule has 0 aromatic carbocycles. The zero-order valence-corrected chi connectivity index (χ0v) is 15.4. The molecule has 1 saturated carbocycles.